The van der Waals surface area contributed by atoms with Gasteiger partial charge in [0.1, 0.15) is 7.05 Å². The van der Waals surface area contributed by atoms with Crippen molar-refractivity contribution in [1.29, 1.82) is 0 Å². The zero-order valence-corrected chi connectivity index (χ0v) is 23.4. The monoisotopic (exact) mass is 540 g/mol. The molecule has 2 aliphatic rings. The van der Waals surface area contributed by atoms with Gasteiger partial charge in [0.15, 0.2) is 5.71 Å². The Hall–Kier alpha value is -3.07. The van der Waals surface area contributed by atoms with Crippen molar-refractivity contribution in [2.24, 2.45) is 0 Å². The van der Waals surface area contributed by atoms with E-state index in [1.165, 1.54) is 55.5 Å². The fourth-order valence-corrected chi connectivity index (χ4v) is 6.47. The van der Waals surface area contributed by atoms with E-state index in [0.717, 1.165) is 0 Å². The predicted molar refractivity (Wildman–Crippen MR) is 164 cm³/mol. The van der Waals surface area contributed by atoms with Crippen LogP contribution in [0.4, 0.5) is 11.4 Å². The number of hydrogen-bond acceptors (Lipinski definition) is 1. The largest absolute Gasteiger partial charge is 0.347 e. The summed E-state index contributed by atoms with van der Waals surface area (Å²) < 4.78 is 2.39. The number of fused-ring (bicyclic) bond motifs is 6. The first-order chi connectivity index (χ1) is 16.7. The number of anilines is 1. The van der Waals surface area contributed by atoms with E-state index >= 15 is 0 Å². The average molecular weight is 541 g/mol. The van der Waals surface area contributed by atoms with E-state index in [1.807, 2.05) is 0 Å². The number of allylic oxidation sites excluding steroid dienone is 4. The van der Waals surface area contributed by atoms with Crippen LogP contribution in [0.2, 0.25) is 0 Å². The zero-order valence-electron chi connectivity index (χ0n) is 22.0. The SMILES string of the molecule is C.C.CN1C(=CC=CC2=[N+](C)c3c(ccc4ccccc34)C2(C)C)C(C)(C)c2ccc3ccccc3c21.[V]. The number of rotatable bonds is 2. The summed E-state index contributed by atoms with van der Waals surface area (Å²) in [5.74, 6) is 0. The van der Waals surface area contributed by atoms with Gasteiger partial charge in [0.05, 0.1) is 16.5 Å². The van der Waals surface area contributed by atoms with E-state index in [4.69, 9.17) is 0 Å². The summed E-state index contributed by atoms with van der Waals surface area (Å²) in [6, 6.07) is 26.5. The molecule has 3 heteroatoms. The molecule has 0 bridgehead atoms. The molecule has 0 atom stereocenters. The van der Waals surface area contributed by atoms with Gasteiger partial charge < -0.3 is 4.90 Å². The normalized spacial score (nSPS) is 17.8. The van der Waals surface area contributed by atoms with Gasteiger partial charge in [-0.25, -0.2) is 0 Å². The molecule has 0 amide bonds. The molecule has 6 rings (SSSR count). The van der Waals surface area contributed by atoms with Crippen LogP contribution in [0.25, 0.3) is 21.5 Å². The minimum atomic E-state index is -0.0562. The van der Waals surface area contributed by atoms with Gasteiger partial charge in [0.2, 0.25) is 5.69 Å². The van der Waals surface area contributed by atoms with Gasteiger partial charge in [0.25, 0.3) is 0 Å². The molecule has 38 heavy (non-hydrogen) atoms. The maximum Gasteiger partial charge on any atom is 0.217 e. The fourth-order valence-electron chi connectivity index (χ4n) is 6.47. The molecule has 2 aliphatic heterocycles. The molecule has 0 N–H and O–H groups in total. The van der Waals surface area contributed by atoms with Crippen LogP contribution in [0.1, 0.15) is 53.7 Å². The number of hydrogen-bond donors (Lipinski definition) is 0. The van der Waals surface area contributed by atoms with E-state index in [-0.39, 0.29) is 44.2 Å². The number of nitrogens with zero attached hydrogens (tertiary/aromatic N) is 2. The van der Waals surface area contributed by atoms with E-state index < -0.39 is 0 Å². The maximum absolute atomic E-state index is 2.39. The molecule has 0 aromatic heterocycles. The van der Waals surface area contributed by atoms with Crippen molar-refractivity contribution >= 4 is 38.6 Å². The van der Waals surface area contributed by atoms with Crippen molar-refractivity contribution in [3.63, 3.8) is 0 Å². The van der Waals surface area contributed by atoms with Crippen LogP contribution in [0.15, 0.2) is 96.7 Å². The quantitative estimate of drug-likeness (QED) is 0.230. The van der Waals surface area contributed by atoms with Gasteiger partial charge in [-0.15, -0.1) is 0 Å². The molecular formula is C35H41N2V+. The van der Waals surface area contributed by atoms with Gasteiger partial charge in [-0.3, -0.25) is 0 Å². The van der Waals surface area contributed by atoms with Crippen LogP contribution in [0, 0.1) is 0 Å². The van der Waals surface area contributed by atoms with Gasteiger partial charge in [-0.1, -0.05) is 102 Å². The van der Waals surface area contributed by atoms with Crippen LogP contribution in [0.5, 0.6) is 0 Å². The Morgan fingerprint density at radius 2 is 1.26 bits per heavy atom. The first-order valence-corrected chi connectivity index (χ1v) is 12.5. The standard InChI is InChI=1S/C33H33N2.2CH4.V/c1-32(2)26-20-18-22-12-7-9-14-24(22)30(26)34(5)28(32)16-11-17-29-33(3,4)27-21-19-23-13-8-10-15-25(23)31(27)35(29)6;;;/h7-21H,1-6H3;2*1H4;/q+1;;;. The molecule has 195 valence electrons. The number of benzene rings is 4. The Labute approximate surface area is 241 Å². The third-order valence-corrected chi connectivity index (χ3v) is 8.33. The molecular weight excluding hydrogens is 499 g/mol. The molecule has 4 aromatic rings. The van der Waals surface area contributed by atoms with Crippen molar-refractivity contribution in [3.8, 4) is 0 Å². The average Bonchev–Trinajstić information content (AvgIpc) is 3.17. The van der Waals surface area contributed by atoms with Crippen molar-refractivity contribution in [2.75, 3.05) is 19.0 Å². The molecule has 2 nitrogen and oxygen atoms in total. The third-order valence-electron chi connectivity index (χ3n) is 8.33. The van der Waals surface area contributed by atoms with Gasteiger partial charge in [-0.2, -0.15) is 4.58 Å². The minimum Gasteiger partial charge on any atom is -0.347 e. The first-order valence-electron chi connectivity index (χ1n) is 12.5. The third kappa shape index (κ3) is 4.06. The van der Waals surface area contributed by atoms with Crippen LogP contribution in [-0.2, 0) is 29.4 Å². The van der Waals surface area contributed by atoms with Crippen molar-refractivity contribution in [3.05, 3.63) is 108 Å². The van der Waals surface area contributed by atoms with Crippen molar-refractivity contribution in [1.82, 2.24) is 0 Å². The first kappa shape index (κ1) is 29.5. The molecule has 0 aliphatic carbocycles. The summed E-state index contributed by atoms with van der Waals surface area (Å²) in [4.78, 5) is 2.39. The predicted octanol–water partition coefficient (Wildman–Crippen LogP) is 9.14. The second-order valence-electron chi connectivity index (χ2n) is 11.0. The van der Waals surface area contributed by atoms with Crippen LogP contribution in [0.3, 0.4) is 0 Å². The summed E-state index contributed by atoms with van der Waals surface area (Å²) in [7, 11) is 4.42. The fraction of sp³-hybridized carbons (Fsp3) is 0.286. The van der Waals surface area contributed by atoms with E-state index in [2.05, 4.69) is 142 Å². The van der Waals surface area contributed by atoms with E-state index in [9.17, 15) is 0 Å². The maximum atomic E-state index is 2.39. The van der Waals surface area contributed by atoms with Crippen molar-refractivity contribution < 1.29 is 23.1 Å². The Balaban J connectivity index is 0.00000133. The Kier molecular flexibility index (Phi) is 7.95. The summed E-state index contributed by atoms with van der Waals surface area (Å²) in [5.41, 5.74) is 7.98. The van der Waals surface area contributed by atoms with Crippen LogP contribution >= 0.6 is 0 Å². The molecule has 1 radical (unpaired) electrons. The molecule has 0 fully saturated rings. The molecule has 2 heterocycles. The second kappa shape index (κ2) is 10.2. The summed E-state index contributed by atoms with van der Waals surface area (Å²) in [6.07, 6.45) is 6.88. The van der Waals surface area contributed by atoms with Gasteiger partial charge >= 0.3 is 0 Å². The molecule has 0 saturated heterocycles. The van der Waals surface area contributed by atoms with Crippen LogP contribution < -0.4 is 4.90 Å². The summed E-state index contributed by atoms with van der Waals surface area (Å²) in [6.45, 7) is 9.35. The second-order valence-corrected chi connectivity index (χ2v) is 11.0. The summed E-state index contributed by atoms with van der Waals surface area (Å²) >= 11 is 0. The Bertz CT molecular complexity index is 1620. The number of likely N-dealkylation sites (N-methyl/N-ethyl adjacent to an activating group) is 1. The Morgan fingerprint density at radius 1 is 0.711 bits per heavy atom. The Morgan fingerprint density at radius 3 is 1.92 bits per heavy atom. The summed E-state index contributed by atoms with van der Waals surface area (Å²) in [5, 5.41) is 5.23. The van der Waals surface area contributed by atoms with Crippen LogP contribution in [-0.4, -0.2) is 24.4 Å². The minimum absolute atomic E-state index is 0. The molecule has 0 spiro atoms. The molecule has 4 aromatic carbocycles. The zero-order chi connectivity index (χ0) is 24.5. The van der Waals surface area contributed by atoms with Crippen molar-refractivity contribution in [2.45, 2.75) is 53.4 Å². The van der Waals surface area contributed by atoms with E-state index in [0.29, 0.717) is 0 Å². The molecule has 0 saturated carbocycles. The smallest absolute Gasteiger partial charge is 0.217 e. The van der Waals surface area contributed by atoms with E-state index in [1.54, 1.807) is 0 Å². The van der Waals surface area contributed by atoms with Gasteiger partial charge in [0, 0.05) is 53.7 Å². The van der Waals surface area contributed by atoms with Gasteiger partial charge in [-0.05, 0) is 42.3 Å². The molecule has 0 unspecified atom stereocenters. The topological polar surface area (TPSA) is 6.25 Å².